The van der Waals surface area contributed by atoms with Crippen LogP contribution in [0.4, 0.5) is 0 Å². The summed E-state index contributed by atoms with van der Waals surface area (Å²) in [6.45, 7) is 4.66. The van der Waals surface area contributed by atoms with Crippen molar-refractivity contribution < 1.29 is 13.2 Å². The molecule has 7 nitrogen and oxygen atoms in total. The second kappa shape index (κ2) is 9.24. The van der Waals surface area contributed by atoms with E-state index < -0.39 is 10.0 Å². The highest BCUT2D eigenvalue weighted by Gasteiger charge is 2.28. The van der Waals surface area contributed by atoms with E-state index in [0.717, 1.165) is 44.6 Å². The van der Waals surface area contributed by atoms with E-state index in [-0.39, 0.29) is 10.8 Å². The molecule has 0 atom stereocenters. The zero-order chi connectivity index (χ0) is 21.0. The predicted octanol–water partition coefficient (Wildman–Crippen LogP) is 2.21. The number of sulfonamides is 1. The van der Waals surface area contributed by atoms with Crippen molar-refractivity contribution in [1.82, 2.24) is 19.1 Å². The van der Waals surface area contributed by atoms with Crippen LogP contribution in [0.1, 0.15) is 35.3 Å². The molecule has 1 amide bonds. The lowest BCUT2D eigenvalue weighted by molar-refractivity contribution is 0.0627. The first-order valence-corrected chi connectivity index (χ1v) is 12.0. The molecule has 0 spiro atoms. The van der Waals surface area contributed by atoms with Crippen LogP contribution in [0, 0.1) is 0 Å². The first kappa shape index (κ1) is 21.0. The van der Waals surface area contributed by atoms with E-state index in [1.165, 1.54) is 10.4 Å². The molecule has 2 aliphatic rings. The van der Waals surface area contributed by atoms with Gasteiger partial charge in [0.15, 0.2) is 0 Å². The van der Waals surface area contributed by atoms with Crippen LogP contribution >= 0.6 is 0 Å². The molecule has 0 saturated carbocycles. The molecule has 0 aliphatic carbocycles. The minimum absolute atomic E-state index is 0.108. The van der Waals surface area contributed by atoms with Crippen molar-refractivity contribution in [2.24, 2.45) is 0 Å². The molecule has 2 fully saturated rings. The van der Waals surface area contributed by atoms with Crippen LogP contribution < -0.4 is 0 Å². The van der Waals surface area contributed by atoms with E-state index in [2.05, 4.69) is 9.88 Å². The minimum atomic E-state index is -3.54. The van der Waals surface area contributed by atoms with Gasteiger partial charge in [-0.25, -0.2) is 8.42 Å². The quantitative estimate of drug-likeness (QED) is 0.730. The second-order valence-corrected chi connectivity index (χ2v) is 9.82. The Morgan fingerprint density at radius 3 is 2.37 bits per heavy atom. The van der Waals surface area contributed by atoms with Gasteiger partial charge in [-0.15, -0.1) is 0 Å². The maximum atomic E-state index is 13.0. The number of hydrogen-bond acceptors (Lipinski definition) is 5. The van der Waals surface area contributed by atoms with Crippen molar-refractivity contribution in [3.8, 4) is 0 Å². The lowest BCUT2D eigenvalue weighted by atomic mass is 10.2. The standard InChI is InChI=1S/C22H28N4O3S/c27-22(25-15-13-24(14-16-25)18-20-8-2-3-10-23-20)19-7-6-9-21(17-19)30(28,29)26-11-4-1-5-12-26/h2-3,6-10,17H,1,4-5,11-16,18H2. The molecular weight excluding hydrogens is 400 g/mol. The smallest absolute Gasteiger partial charge is 0.253 e. The average Bonchev–Trinajstić information content (AvgIpc) is 2.80. The number of hydrogen-bond donors (Lipinski definition) is 0. The van der Waals surface area contributed by atoms with Crippen LogP contribution in [0.5, 0.6) is 0 Å². The molecule has 160 valence electrons. The van der Waals surface area contributed by atoms with Crippen molar-refractivity contribution in [3.05, 3.63) is 59.9 Å². The van der Waals surface area contributed by atoms with Crippen molar-refractivity contribution in [1.29, 1.82) is 0 Å². The fourth-order valence-electron chi connectivity index (χ4n) is 4.06. The Labute approximate surface area is 178 Å². The summed E-state index contributed by atoms with van der Waals surface area (Å²) in [4.78, 5) is 21.7. The molecule has 2 aliphatic heterocycles. The number of benzene rings is 1. The summed E-state index contributed by atoms with van der Waals surface area (Å²) >= 11 is 0. The molecule has 30 heavy (non-hydrogen) atoms. The lowest BCUT2D eigenvalue weighted by Gasteiger charge is -2.34. The van der Waals surface area contributed by atoms with E-state index in [4.69, 9.17) is 0 Å². The van der Waals surface area contributed by atoms with Gasteiger partial charge in [0.2, 0.25) is 10.0 Å². The summed E-state index contributed by atoms with van der Waals surface area (Å²) < 4.78 is 27.4. The normalized spacial score (nSPS) is 19.0. The van der Waals surface area contributed by atoms with Crippen molar-refractivity contribution in [3.63, 3.8) is 0 Å². The monoisotopic (exact) mass is 428 g/mol. The van der Waals surface area contributed by atoms with Crippen LogP contribution in [-0.2, 0) is 16.6 Å². The van der Waals surface area contributed by atoms with Gasteiger partial charge in [-0.1, -0.05) is 18.6 Å². The van der Waals surface area contributed by atoms with E-state index in [0.29, 0.717) is 31.7 Å². The van der Waals surface area contributed by atoms with Crippen molar-refractivity contribution >= 4 is 15.9 Å². The average molecular weight is 429 g/mol. The second-order valence-electron chi connectivity index (χ2n) is 7.88. The maximum absolute atomic E-state index is 13.0. The highest BCUT2D eigenvalue weighted by Crippen LogP contribution is 2.22. The zero-order valence-electron chi connectivity index (χ0n) is 17.1. The zero-order valence-corrected chi connectivity index (χ0v) is 17.9. The highest BCUT2D eigenvalue weighted by molar-refractivity contribution is 7.89. The van der Waals surface area contributed by atoms with E-state index in [9.17, 15) is 13.2 Å². The molecule has 1 aromatic heterocycles. The molecule has 0 radical (unpaired) electrons. The molecule has 0 unspecified atom stereocenters. The van der Waals surface area contributed by atoms with Gasteiger partial charge in [-0.3, -0.25) is 14.7 Å². The molecule has 0 bridgehead atoms. The first-order chi connectivity index (χ1) is 14.5. The van der Waals surface area contributed by atoms with E-state index in [1.807, 2.05) is 23.1 Å². The highest BCUT2D eigenvalue weighted by atomic mass is 32.2. The van der Waals surface area contributed by atoms with Gasteiger partial charge in [0, 0.05) is 57.6 Å². The lowest BCUT2D eigenvalue weighted by Crippen LogP contribution is -2.48. The van der Waals surface area contributed by atoms with Crippen LogP contribution in [0.3, 0.4) is 0 Å². The third kappa shape index (κ3) is 4.71. The number of amides is 1. The van der Waals surface area contributed by atoms with Gasteiger partial charge in [-0.2, -0.15) is 4.31 Å². The summed E-state index contributed by atoms with van der Waals surface area (Å²) in [6.07, 6.45) is 4.64. The van der Waals surface area contributed by atoms with Gasteiger partial charge in [-0.05, 0) is 43.2 Å². The Kier molecular flexibility index (Phi) is 6.46. The Bertz CT molecular complexity index is 967. The van der Waals surface area contributed by atoms with Gasteiger partial charge >= 0.3 is 0 Å². The number of piperazine rings is 1. The van der Waals surface area contributed by atoms with Gasteiger partial charge < -0.3 is 4.90 Å². The van der Waals surface area contributed by atoms with Gasteiger partial charge in [0.1, 0.15) is 0 Å². The van der Waals surface area contributed by atoms with Crippen LogP contribution in [0.25, 0.3) is 0 Å². The number of pyridine rings is 1. The summed E-state index contributed by atoms with van der Waals surface area (Å²) in [5, 5.41) is 0. The molecule has 0 N–H and O–H groups in total. The van der Waals surface area contributed by atoms with E-state index >= 15 is 0 Å². The molecule has 4 rings (SSSR count). The number of carbonyl (C=O) groups excluding carboxylic acids is 1. The SMILES string of the molecule is O=C(c1cccc(S(=O)(=O)N2CCCCC2)c1)N1CCN(Cc2ccccn2)CC1. The molecule has 1 aromatic carbocycles. The fourth-order valence-corrected chi connectivity index (χ4v) is 5.62. The van der Waals surface area contributed by atoms with Gasteiger partial charge in [0.05, 0.1) is 10.6 Å². The topological polar surface area (TPSA) is 73.8 Å². The maximum Gasteiger partial charge on any atom is 0.253 e. The predicted molar refractivity (Wildman–Crippen MR) is 114 cm³/mol. The Morgan fingerprint density at radius 2 is 1.67 bits per heavy atom. The van der Waals surface area contributed by atoms with Crippen molar-refractivity contribution in [2.45, 2.75) is 30.7 Å². The molecule has 2 saturated heterocycles. The molecule has 8 heteroatoms. The Morgan fingerprint density at radius 1 is 0.900 bits per heavy atom. The number of piperidine rings is 1. The third-order valence-electron chi connectivity index (χ3n) is 5.81. The minimum Gasteiger partial charge on any atom is -0.336 e. The summed E-state index contributed by atoms with van der Waals surface area (Å²) in [5.41, 5.74) is 1.46. The van der Waals surface area contributed by atoms with Crippen LogP contribution in [0.15, 0.2) is 53.6 Å². The summed E-state index contributed by atoms with van der Waals surface area (Å²) in [7, 11) is -3.54. The van der Waals surface area contributed by atoms with Crippen LogP contribution in [0.2, 0.25) is 0 Å². The Balaban J connectivity index is 1.40. The van der Waals surface area contributed by atoms with Crippen LogP contribution in [-0.4, -0.2) is 72.7 Å². The third-order valence-corrected chi connectivity index (χ3v) is 7.70. The molecular formula is C22H28N4O3S. The molecule has 3 heterocycles. The summed E-state index contributed by atoms with van der Waals surface area (Å²) in [6, 6.07) is 12.4. The fraction of sp³-hybridized carbons (Fsp3) is 0.455. The van der Waals surface area contributed by atoms with Crippen molar-refractivity contribution in [2.75, 3.05) is 39.3 Å². The van der Waals surface area contributed by atoms with E-state index in [1.54, 1.807) is 24.4 Å². The molecule has 2 aromatic rings. The number of aromatic nitrogens is 1. The Hall–Kier alpha value is -2.29. The number of carbonyl (C=O) groups is 1. The first-order valence-electron chi connectivity index (χ1n) is 10.6. The number of nitrogens with zero attached hydrogens (tertiary/aromatic N) is 4. The summed E-state index contributed by atoms with van der Waals surface area (Å²) in [5.74, 6) is -0.108. The number of rotatable bonds is 5. The largest absolute Gasteiger partial charge is 0.336 e. The van der Waals surface area contributed by atoms with Gasteiger partial charge in [0.25, 0.3) is 5.91 Å².